The number of hydrogen-bond acceptors (Lipinski definition) is 4. The van der Waals surface area contributed by atoms with Crippen LogP contribution >= 0.6 is 0 Å². The molecule has 2 N–H and O–H groups in total. The minimum atomic E-state index is -2.88. The van der Waals surface area contributed by atoms with Gasteiger partial charge in [0.1, 0.15) is 0 Å². The summed E-state index contributed by atoms with van der Waals surface area (Å²) < 4.78 is 29.3. The number of sulfone groups is 1. The van der Waals surface area contributed by atoms with Crippen LogP contribution in [0.4, 0.5) is 0 Å². The first-order chi connectivity index (χ1) is 9.16. The summed E-state index contributed by atoms with van der Waals surface area (Å²) in [5.41, 5.74) is 6.01. The van der Waals surface area contributed by atoms with Crippen molar-refractivity contribution in [2.75, 3.05) is 18.1 Å². The van der Waals surface area contributed by atoms with Crippen molar-refractivity contribution in [2.24, 2.45) is 17.1 Å². The third-order valence-corrected chi connectivity index (χ3v) is 6.84. The predicted octanol–water partition coefficient (Wildman–Crippen LogP) is 2.12. The number of nitrogens with two attached hydrogens (primary N) is 1. The molecule has 1 atom stereocenters. The quantitative estimate of drug-likeness (QED) is 0.867. The molecule has 1 saturated heterocycles. The molecule has 1 saturated carbocycles. The maximum atomic E-state index is 11.5. The molecule has 0 aromatic heterocycles. The SMILES string of the molecule is CC(C)(C)C1CCC(CN)(OC2CCS(=O)(=O)C2)CC1. The van der Waals surface area contributed by atoms with Crippen molar-refractivity contribution in [1.82, 2.24) is 0 Å². The van der Waals surface area contributed by atoms with Crippen LogP contribution < -0.4 is 5.73 Å². The molecule has 0 spiro atoms. The van der Waals surface area contributed by atoms with Gasteiger partial charge < -0.3 is 10.5 Å². The van der Waals surface area contributed by atoms with Crippen LogP contribution in [0.3, 0.4) is 0 Å². The van der Waals surface area contributed by atoms with Gasteiger partial charge in [-0.2, -0.15) is 0 Å². The highest BCUT2D eigenvalue weighted by atomic mass is 32.2. The first-order valence-corrected chi connectivity index (χ1v) is 9.56. The lowest BCUT2D eigenvalue weighted by molar-refractivity contribution is -0.111. The van der Waals surface area contributed by atoms with E-state index in [1.54, 1.807) is 0 Å². The average Bonchev–Trinajstić information content (AvgIpc) is 2.68. The maximum absolute atomic E-state index is 11.5. The van der Waals surface area contributed by atoms with Gasteiger partial charge in [0.15, 0.2) is 9.84 Å². The highest BCUT2D eigenvalue weighted by molar-refractivity contribution is 7.91. The Labute approximate surface area is 123 Å². The molecule has 4 nitrogen and oxygen atoms in total. The van der Waals surface area contributed by atoms with Gasteiger partial charge in [-0.3, -0.25) is 0 Å². The summed E-state index contributed by atoms with van der Waals surface area (Å²) in [6, 6.07) is 0. The normalized spacial score (nSPS) is 38.0. The van der Waals surface area contributed by atoms with Crippen LogP contribution in [0.15, 0.2) is 0 Å². The summed E-state index contributed by atoms with van der Waals surface area (Å²) in [5.74, 6) is 1.15. The van der Waals surface area contributed by atoms with Gasteiger partial charge in [-0.25, -0.2) is 8.42 Å². The number of rotatable bonds is 3. The lowest BCUT2D eigenvalue weighted by Crippen LogP contribution is -2.47. The molecule has 20 heavy (non-hydrogen) atoms. The van der Waals surface area contributed by atoms with E-state index >= 15 is 0 Å². The average molecular weight is 303 g/mol. The molecular formula is C15H29NO3S. The molecule has 1 aliphatic carbocycles. The minimum Gasteiger partial charge on any atom is -0.369 e. The summed E-state index contributed by atoms with van der Waals surface area (Å²) >= 11 is 0. The molecular weight excluding hydrogens is 274 g/mol. The van der Waals surface area contributed by atoms with Crippen molar-refractivity contribution >= 4 is 9.84 Å². The summed E-state index contributed by atoms with van der Waals surface area (Å²) in [7, 11) is -2.88. The van der Waals surface area contributed by atoms with Crippen LogP contribution in [0.5, 0.6) is 0 Å². The van der Waals surface area contributed by atoms with Gasteiger partial charge in [0, 0.05) is 6.54 Å². The van der Waals surface area contributed by atoms with Gasteiger partial charge in [-0.05, 0) is 43.4 Å². The van der Waals surface area contributed by atoms with Crippen LogP contribution in [0, 0.1) is 11.3 Å². The Balaban J connectivity index is 1.96. The summed E-state index contributed by atoms with van der Waals surface area (Å²) in [6.45, 7) is 7.37. The van der Waals surface area contributed by atoms with E-state index in [2.05, 4.69) is 20.8 Å². The third-order valence-electron chi connectivity index (χ3n) is 5.10. The molecule has 0 aromatic rings. The molecule has 0 bridgehead atoms. The van der Waals surface area contributed by atoms with Gasteiger partial charge in [0.05, 0.1) is 23.2 Å². The van der Waals surface area contributed by atoms with Crippen LogP contribution in [0.25, 0.3) is 0 Å². The van der Waals surface area contributed by atoms with Gasteiger partial charge in [0.2, 0.25) is 0 Å². The molecule has 1 heterocycles. The van der Waals surface area contributed by atoms with Crippen molar-refractivity contribution < 1.29 is 13.2 Å². The zero-order valence-corrected chi connectivity index (χ0v) is 13.8. The number of ether oxygens (including phenoxy) is 1. The van der Waals surface area contributed by atoms with E-state index in [0.717, 1.165) is 25.7 Å². The highest BCUT2D eigenvalue weighted by Crippen LogP contribution is 2.43. The summed E-state index contributed by atoms with van der Waals surface area (Å²) in [6.07, 6.45) is 4.66. The van der Waals surface area contributed by atoms with Gasteiger partial charge in [-0.15, -0.1) is 0 Å². The smallest absolute Gasteiger partial charge is 0.152 e. The van der Waals surface area contributed by atoms with Crippen LogP contribution in [-0.4, -0.2) is 38.2 Å². The van der Waals surface area contributed by atoms with E-state index in [1.807, 2.05) is 0 Å². The van der Waals surface area contributed by atoms with Gasteiger partial charge in [0.25, 0.3) is 0 Å². The zero-order chi connectivity index (χ0) is 15.0. The Morgan fingerprint density at radius 2 is 1.80 bits per heavy atom. The van der Waals surface area contributed by atoms with Crippen LogP contribution in [-0.2, 0) is 14.6 Å². The zero-order valence-electron chi connectivity index (χ0n) is 13.0. The highest BCUT2D eigenvalue weighted by Gasteiger charge is 2.42. The Morgan fingerprint density at radius 3 is 2.20 bits per heavy atom. The van der Waals surface area contributed by atoms with E-state index in [4.69, 9.17) is 10.5 Å². The molecule has 0 radical (unpaired) electrons. The fraction of sp³-hybridized carbons (Fsp3) is 1.00. The summed E-state index contributed by atoms with van der Waals surface area (Å²) in [5, 5.41) is 0. The van der Waals surface area contributed by atoms with E-state index in [1.165, 1.54) is 0 Å². The molecule has 1 aliphatic heterocycles. The Morgan fingerprint density at radius 1 is 1.20 bits per heavy atom. The minimum absolute atomic E-state index is 0.144. The lowest BCUT2D eigenvalue weighted by Gasteiger charge is -2.44. The van der Waals surface area contributed by atoms with E-state index < -0.39 is 9.84 Å². The first kappa shape index (κ1) is 16.2. The second-order valence-electron chi connectivity index (χ2n) is 7.67. The topological polar surface area (TPSA) is 69.4 Å². The van der Waals surface area contributed by atoms with Gasteiger partial charge in [-0.1, -0.05) is 20.8 Å². The van der Waals surface area contributed by atoms with E-state index in [9.17, 15) is 8.42 Å². The van der Waals surface area contributed by atoms with Crippen molar-refractivity contribution in [3.63, 3.8) is 0 Å². The van der Waals surface area contributed by atoms with Gasteiger partial charge >= 0.3 is 0 Å². The van der Waals surface area contributed by atoms with E-state index in [0.29, 0.717) is 24.3 Å². The fourth-order valence-electron chi connectivity index (χ4n) is 3.59. The third kappa shape index (κ3) is 3.74. The summed E-state index contributed by atoms with van der Waals surface area (Å²) in [4.78, 5) is 0. The second-order valence-corrected chi connectivity index (χ2v) is 9.90. The Bertz CT molecular complexity index is 431. The standard InChI is InChI=1S/C15H29NO3S/c1-14(2,3)12-4-7-15(11-16,8-5-12)19-13-6-9-20(17,18)10-13/h12-13H,4-11,16H2,1-3H3. The van der Waals surface area contributed by atoms with Crippen molar-refractivity contribution in [1.29, 1.82) is 0 Å². The molecule has 5 heteroatoms. The van der Waals surface area contributed by atoms with Crippen LogP contribution in [0.2, 0.25) is 0 Å². The fourth-order valence-corrected chi connectivity index (χ4v) is 5.18. The molecule has 2 aliphatic rings. The second kappa shape index (κ2) is 5.58. The van der Waals surface area contributed by atoms with E-state index in [-0.39, 0.29) is 23.2 Å². The Kier molecular flexibility index (Phi) is 4.53. The molecule has 2 fully saturated rings. The lowest BCUT2D eigenvalue weighted by atomic mass is 9.68. The molecule has 0 amide bonds. The Hall–Kier alpha value is -0.130. The van der Waals surface area contributed by atoms with Crippen molar-refractivity contribution in [2.45, 2.75) is 64.6 Å². The predicted molar refractivity (Wildman–Crippen MR) is 81.3 cm³/mol. The largest absolute Gasteiger partial charge is 0.369 e. The molecule has 1 unspecified atom stereocenters. The van der Waals surface area contributed by atoms with Crippen molar-refractivity contribution in [3.05, 3.63) is 0 Å². The molecule has 118 valence electrons. The maximum Gasteiger partial charge on any atom is 0.152 e. The van der Waals surface area contributed by atoms with Crippen LogP contribution in [0.1, 0.15) is 52.9 Å². The van der Waals surface area contributed by atoms with Crippen molar-refractivity contribution in [3.8, 4) is 0 Å². The monoisotopic (exact) mass is 303 g/mol. The molecule has 2 rings (SSSR count). The first-order valence-electron chi connectivity index (χ1n) is 7.74. The molecule has 0 aromatic carbocycles. The number of hydrogen-bond donors (Lipinski definition) is 1.